The van der Waals surface area contributed by atoms with E-state index in [1.165, 1.54) is 19.1 Å². The van der Waals surface area contributed by atoms with Crippen molar-refractivity contribution in [1.29, 1.82) is 0 Å². The molecule has 0 aromatic heterocycles. The van der Waals surface area contributed by atoms with Gasteiger partial charge in [-0.25, -0.2) is 4.39 Å². The molecule has 1 unspecified atom stereocenters. The Kier molecular flexibility index (Phi) is 4.68. The van der Waals surface area contributed by atoms with Gasteiger partial charge in [-0.2, -0.15) is 0 Å². The van der Waals surface area contributed by atoms with Gasteiger partial charge >= 0.3 is 0 Å². The Bertz CT molecular complexity index is 633. The summed E-state index contributed by atoms with van der Waals surface area (Å²) in [6.45, 7) is 1.54. The first-order valence-electron chi connectivity index (χ1n) is 6.46. The number of benzene rings is 2. The molecule has 0 aliphatic carbocycles. The maximum absolute atomic E-state index is 12.9. The van der Waals surface area contributed by atoms with E-state index >= 15 is 0 Å². The van der Waals surface area contributed by atoms with Crippen molar-refractivity contribution < 1.29 is 9.18 Å². The highest BCUT2D eigenvalue weighted by Crippen LogP contribution is 2.20. The second-order valence-corrected chi connectivity index (χ2v) is 4.59. The fourth-order valence-electron chi connectivity index (χ4n) is 1.97. The molecule has 0 aliphatic rings. The van der Waals surface area contributed by atoms with Crippen LogP contribution in [0.25, 0.3) is 0 Å². The van der Waals surface area contributed by atoms with Crippen molar-refractivity contribution in [3.05, 3.63) is 71.5 Å². The topological polar surface area (TPSA) is 17.1 Å². The highest BCUT2D eigenvalue weighted by atomic mass is 19.1. The van der Waals surface area contributed by atoms with Crippen molar-refractivity contribution in [2.75, 3.05) is 0 Å². The van der Waals surface area contributed by atoms with Crippen LogP contribution in [-0.4, -0.2) is 5.78 Å². The normalized spacial score (nSPS) is 11.3. The van der Waals surface area contributed by atoms with Crippen molar-refractivity contribution in [3.8, 4) is 11.8 Å². The molecule has 1 atom stereocenters. The Morgan fingerprint density at radius 2 is 1.75 bits per heavy atom. The molecule has 0 heterocycles. The third kappa shape index (κ3) is 3.80. The summed E-state index contributed by atoms with van der Waals surface area (Å²) in [6.07, 6.45) is 0.440. The van der Waals surface area contributed by atoms with Crippen LogP contribution in [0, 0.1) is 17.7 Å². The third-order valence-corrected chi connectivity index (χ3v) is 3.08. The lowest BCUT2D eigenvalue weighted by Crippen LogP contribution is -2.08. The van der Waals surface area contributed by atoms with Gasteiger partial charge in [0.15, 0.2) is 0 Å². The van der Waals surface area contributed by atoms with Crippen molar-refractivity contribution >= 4 is 5.78 Å². The van der Waals surface area contributed by atoms with Crippen molar-refractivity contribution in [2.24, 2.45) is 0 Å². The Morgan fingerprint density at radius 3 is 2.35 bits per heavy atom. The fraction of sp³-hybridized carbons (Fsp3) is 0.167. The van der Waals surface area contributed by atoms with Crippen LogP contribution < -0.4 is 0 Å². The molecule has 100 valence electrons. The second-order valence-electron chi connectivity index (χ2n) is 4.59. The van der Waals surface area contributed by atoms with Gasteiger partial charge in [0.25, 0.3) is 0 Å². The van der Waals surface area contributed by atoms with Crippen LogP contribution in [0.3, 0.4) is 0 Å². The molecule has 2 heteroatoms. The molecule has 0 amide bonds. The summed E-state index contributed by atoms with van der Waals surface area (Å²) < 4.78 is 12.9. The highest BCUT2D eigenvalue weighted by Gasteiger charge is 2.15. The van der Waals surface area contributed by atoms with Crippen LogP contribution in [0.1, 0.15) is 30.4 Å². The molecule has 0 N–H and O–H groups in total. The molecule has 2 aromatic carbocycles. The van der Waals surface area contributed by atoms with Gasteiger partial charge < -0.3 is 0 Å². The molecule has 0 bridgehead atoms. The van der Waals surface area contributed by atoms with Crippen molar-refractivity contribution in [1.82, 2.24) is 0 Å². The van der Waals surface area contributed by atoms with E-state index in [2.05, 4.69) is 11.8 Å². The molecule has 2 rings (SSSR count). The van der Waals surface area contributed by atoms with Gasteiger partial charge in [0.1, 0.15) is 11.6 Å². The number of rotatable bonds is 3. The average molecular weight is 266 g/mol. The maximum Gasteiger partial charge on any atom is 0.138 e. The molecule has 0 radical (unpaired) electrons. The Hall–Kier alpha value is -2.40. The first kappa shape index (κ1) is 14.0. The molecule has 20 heavy (non-hydrogen) atoms. The van der Waals surface area contributed by atoms with E-state index < -0.39 is 0 Å². The molecular weight excluding hydrogens is 251 g/mol. The predicted molar refractivity (Wildman–Crippen MR) is 77.8 cm³/mol. The SMILES string of the molecule is CC(=O)C(CC#Cc1ccccc1)c1ccc(F)cc1. The van der Waals surface area contributed by atoms with Crippen LogP contribution in [0.2, 0.25) is 0 Å². The number of ketones is 1. The Labute approximate surface area is 118 Å². The van der Waals surface area contributed by atoms with E-state index in [0.29, 0.717) is 6.42 Å². The minimum Gasteiger partial charge on any atom is -0.299 e. The molecule has 0 aliphatic heterocycles. The van der Waals surface area contributed by atoms with E-state index in [4.69, 9.17) is 0 Å². The number of hydrogen-bond donors (Lipinski definition) is 0. The van der Waals surface area contributed by atoms with Gasteiger partial charge in [0.2, 0.25) is 0 Å². The van der Waals surface area contributed by atoms with E-state index in [1.54, 1.807) is 12.1 Å². The van der Waals surface area contributed by atoms with Crippen LogP contribution in [0.4, 0.5) is 4.39 Å². The molecule has 2 aromatic rings. The smallest absolute Gasteiger partial charge is 0.138 e. The van der Waals surface area contributed by atoms with Crippen LogP contribution >= 0.6 is 0 Å². The summed E-state index contributed by atoms with van der Waals surface area (Å²) in [5.74, 6) is 5.51. The first-order chi connectivity index (χ1) is 9.66. The lowest BCUT2D eigenvalue weighted by Gasteiger charge is -2.10. The van der Waals surface area contributed by atoms with Gasteiger partial charge in [-0.3, -0.25) is 4.79 Å². The van der Waals surface area contributed by atoms with Gasteiger partial charge in [-0.15, -0.1) is 0 Å². The zero-order valence-corrected chi connectivity index (χ0v) is 11.3. The molecule has 0 fully saturated rings. The zero-order valence-electron chi connectivity index (χ0n) is 11.3. The summed E-state index contributed by atoms with van der Waals surface area (Å²) in [5, 5.41) is 0. The van der Waals surface area contributed by atoms with Gasteiger partial charge in [0.05, 0.1) is 5.92 Å². The number of halogens is 1. The van der Waals surface area contributed by atoms with E-state index in [9.17, 15) is 9.18 Å². The molecular formula is C18H15FO. The maximum atomic E-state index is 12.9. The molecule has 0 saturated carbocycles. The van der Waals surface area contributed by atoms with Gasteiger partial charge in [0, 0.05) is 12.0 Å². The Balaban J connectivity index is 2.13. The van der Waals surface area contributed by atoms with E-state index in [0.717, 1.165) is 11.1 Å². The second kappa shape index (κ2) is 6.68. The summed E-state index contributed by atoms with van der Waals surface area (Å²) >= 11 is 0. The number of Topliss-reactive ketones (excluding diaryl/α,β-unsaturated/α-hetero) is 1. The molecule has 1 nitrogen and oxygen atoms in total. The minimum atomic E-state index is -0.300. The predicted octanol–water partition coefficient (Wildman–Crippen LogP) is 3.94. The van der Waals surface area contributed by atoms with Gasteiger partial charge in [-0.05, 0) is 36.8 Å². The lowest BCUT2D eigenvalue weighted by atomic mass is 9.92. The van der Waals surface area contributed by atoms with Crippen LogP contribution in [0.5, 0.6) is 0 Å². The van der Waals surface area contributed by atoms with Crippen LogP contribution in [0.15, 0.2) is 54.6 Å². The van der Waals surface area contributed by atoms with Gasteiger partial charge in [-0.1, -0.05) is 42.2 Å². The largest absolute Gasteiger partial charge is 0.299 e. The molecule has 0 spiro atoms. The quantitative estimate of drug-likeness (QED) is 0.769. The number of carbonyl (C=O) groups excluding carboxylic acids is 1. The monoisotopic (exact) mass is 266 g/mol. The number of carbonyl (C=O) groups is 1. The Morgan fingerprint density at radius 1 is 1.10 bits per heavy atom. The summed E-state index contributed by atoms with van der Waals surface area (Å²) in [7, 11) is 0. The third-order valence-electron chi connectivity index (χ3n) is 3.08. The summed E-state index contributed by atoms with van der Waals surface area (Å²) in [4.78, 5) is 11.7. The standard InChI is InChI=1S/C18H15FO/c1-14(20)18(16-10-12-17(19)13-11-16)9-5-8-15-6-3-2-4-7-15/h2-4,6-7,10-13,18H,9H2,1H3. The number of hydrogen-bond acceptors (Lipinski definition) is 1. The zero-order chi connectivity index (χ0) is 14.4. The fourth-order valence-corrected chi connectivity index (χ4v) is 1.97. The minimum absolute atomic E-state index is 0.0407. The highest BCUT2D eigenvalue weighted by molar-refractivity contribution is 5.83. The first-order valence-corrected chi connectivity index (χ1v) is 6.46. The van der Waals surface area contributed by atoms with E-state index in [-0.39, 0.29) is 17.5 Å². The molecule has 0 saturated heterocycles. The van der Waals surface area contributed by atoms with Crippen molar-refractivity contribution in [3.63, 3.8) is 0 Å². The lowest BCUT2D eigenvalue weighted by molar-refractivity contribution is -0.118. The average Bonchev–Trinajstić information content (AvgIpc) is 2.46. The summed E-state index contributed by atoms with van der Waals surface area (Å²) in [5.41, 5.74) is 1.73. The van der Waals surface area contributed by atoms with Crippen LogP contribution in [-0.2, 0) is 4.79 Å². The summed E-state index contributed by atoms with van der Waals surface area (Å²) in [6, 6.07) is 15.7. The van der Waals surface area contributed by atoms with Crippen molar-refractivity contribution in [2.45, 2.75) is 19.3 Å². The van der Waals surface area contributed by atoms with E-state index in [1.807, 2.05) is 30.3 Å².